The third-order valence-corrected chi connectivity index (χ3v) is 23.9. The van der Waals surface area contributed by atoms with Gasteiger partial charge in [0.15, 0.2) is 11.9 Å². The Morgan fingerprint density at radius 3 is 1.24 bits per heavy atom. The number of amides is 10. The smallest absolute Gasteiger partial charge is 0.407 e. The Morgan fingerprint density at radius 2 is 0.830 bits per heavy atom. The maximum Gasteiger partial charge on any atom is 0.407 e. The average molecular weight is 1920 g/mol. The van der Waals surface area contributed by atoms with Crippen LogP contribution in [0, 0.1) is 27.7 Å². The number of nitrogens with one attached hydrogen (secondary N) is 16. The number of aromatic amines is 2. The SMILES string of the molecule is Cc1cc(OCCCC(=O)NCCNC(=O)CCC(NC(=O)C(CCC(=O)O)NC(=O)C(CCC(=O)O)NC(=O)CCCCCNC(=O)OC(C)(C)C)C(=O)NCCNC(=O)CCCOc2cc(C)c(S(=O)(=O)NC(CNC(=O)c3ccc4c(cnn4CCNc4ncc[nH]4)c3)C(=O)O)c(C)c2)cc(C)c1S(=O)(=O)NC(CNC(=O)c1ccc2c(cnn2CCNc2ncc[nH]2)c1)C(=O)O. The molecule has 0 saturated carbocycles. The van der Waals surface area contributed by atoms with Gasteiger partial charge in [0, 0.05) is 144 Å². The number of sulfonamides is 2. The molecule has 8 aromatic rings. The van der Waals surface area contributed by atoms with Crippen LogP contribution in [0.4, 0.5) is 16.7 Å². The third-order valence-electron chi connectivity index (χ3n) is 20.3. The highest BCUT2D eigenvalue weighted by Crippen LogP contribution is 2.29. The van der Waals surface area contributed by atoms with Gasteiger partial charge in [0.1, 0.15) is 47.3 Å². The van der Waals surface area contributed by atoms with Crippen molar-refractivity contribution < 1.29 is 119 Å². The molecule has 135 heavy (non-hydrogen) atoms. The number of hydrogen-bond acceptors (Lipinski definition) is 27. The molecular formula is C86H116N22O25S2. The largest absolute Gasteiger partial charge is 0.494 e. The second-order valence-electron chi connectivity index (χ2n) is 32.4. The zero-order valence-electron chi connectivity index (χ0n) is 75.6. The van der Waals surface area contributed by atoms with Crippen molar-refractivity contribution in [2.45, 2.75) is 197 Å². The summed E-state index contributed by atoms with van der Waals surface area (Å²) in [6, 6.07) is 6.70. The van der Waals surface area contributed by atoms with Crippen LogP contribution in [0.15, 0.2) is 108 Å². The van der Waals surface area contributed by atoms with E-state index in [2.05, 4.69) is 103 Å². The lowest BCUT2D eigenvalue weighted by Gasteiger charge is -2.25. The first-order valence-electron chi connectivity index (χ1n) is 43.4. The minimum absolute atomic E-state index is 0.0252. The van der Waals surface area contributed by atoms with Crippen molar-refractivity contribution in [3.8, 4) is 11.5 Å². The second kappa shape index (κ2) is 51.6. The number of ether oxygens (including phenoxy) is 3. The van der Waals surface area contributed by atoms with Crippen LogP contribution < -0.4 is 82.7 Å². The Hall–Kier alpha value is -14.4. The molecule has 10 amide bonds. The van der Waals surface area contributed by atoms with E-state index < -0.39 is 191 Å². The molecule has 5 unspecified atom stereocenters. The molecule has 20 N–H and O–H groups in total. The minimum atomic E-state index is -4.55. The fourth-order valence-electron chi connectivity index (χ4n) is 13.9. The number of alkyl carbamates (subject to hydrolysis) is 1. The van der Waals surface area contributed by atoms with E-state index in [1.807, 2.05) is 0 Å². The van der Waals surface area contributed by atoms with Gasteiger partial charge in [-0.25, -0.2) is 31.6 Å². The first-order valence-corrected chi connectivity index (χ1v) is 46.4. The fourth-order valence-corrected chi connectivity index (χ4v) is 17.2. The molecule has 5 atom stereocenters. The normalized spacial score (nSPS) is 12.6. The van der Waals surface area contributed by atoms with E-state index in [1.54, 1.807) is 91.6 Å². The maximum atomic E-state index is 14.2. The molecule has 732 valence electrons. The standard InChI is InChI=1S/C86H116N22O25S2/c1-51-41-59(42-52(2)74(51)134(127,128)105-64(81(122)123)49-98-76(117)55-16-21-66-57(45-55)47-100-107(66)37-35-95-83-91-31-32-92-83)131-39-11-14-68(109)87-27-28-89-70(111)23-18-61(103-80(121)63(20-25-73(115)116)104-79(120)62(19-24-72(113)114)102-71(112)13-9-8-10-26-97-85(126)133-86(5,6)7)78(119)90-30-29-88-69(110)15-12-40-132-60-43-53(3)75(54(4)44-60)135(129,130)106-65(82(124)125)50-99-77(118)56-17-22-67-58(46-56)48-101-108(67)38-36-96-84-93-33-34-94-84/h16-17,21-22,31-34,41-48,61-65,105-106H,8-15,18-20,23-30,35-40,49-50H2,1-7H3,(H,87,109)(H,88,110)(H,89,111)(H,90,119)(H,97,126)(H,98,117)(H,99,118)(H,102,112)(H,103,121)(H,104,120)(H,113,114)(H,115,116)(H,122,123)(H,124,125)(H2,91,92,95)(H2,93,94,96). The van der Waals surface area contributed by atoms with Crippen LogP contribution >= 0.6 is 0 Å². The van der Waals surface area contributed by atoms with Crippen LogP contribution in [0.5, 0.6) is 11.5 Å². The van der Waals surface area contributed by atoms with Gasteiger partial charge in [-0.2, -0.15) is 19.6 Å². The number of aromatic nitrogens is 8. The highest BCUT2D eigenvalue weighted by Gasteiger charge is 2.34. The van der Waals surface area contributed by atoms with Crippen molar-refractivity contribution in [3.63, 3.8) is 0 Å². The number of carbonyl (C=O) groups is 14. The summed E-state index contributed by atoms with van der Waals surface area (Å²) in [5.41, 5.74) is 1.80. The van der Waals surface area contributed by atoms with E-state index in [4.69, 9.17) is 14.2 Å². The maximum absolute atomic E-state index is 14.2. The molecule has 8 rings (SSSR count). The summed E-state index contributed by atoms with van der Waals surface area (Å²) in [5.74, 6) is -11.1. The van der Waals surface area contributed by atoms with E-state index in [-0.39, 0.29) is 139 Å². The lowest BCUT2D eigenvalue weighted by molar-refractivity contribution is -0.140. The zero-order valence-corrected chi connectivity index (χ0v) is 77.2. The van der Waals surface area contributed by atoms with Gasteiger partial charge in [0.05, 0.1) is 59.5 Å². The molecule has 4 aromatic carbocycles. The summed E-state index contributed by atoms with van der Waals surface area (Å²) in [4.78, 5) is 196. The number of carboxylic acids is 4. The Balaban J connectivity index is 0.800. The number of H-pyrrole nitrogens is 2. The van der Waals surface area contributed by atoms with Crippen LogP contribution in [-0.2, 0) is 90.6 Å². The van der Waals surface area contributed by atoms with E-state index in [0.717, 1.165) is 11.0 Å². The monoisotopic (exact) mass is 1920 g/mol. The van der Waals surface area contributed by atoms with Crippen molar-refractivity contribution in [2.24, 2.45) is 0 Å². The van der Waals surface area contributed by atoms with Crippen LogP contribution in [0.2, 0.25) is 0 Å². The molecule has 47 nitrogen and oxygen atoms in total. The number of unbranched alkanes of at least 4 members (excludes halogenated alkanes) is 2. The molecule has 0 aliphatic rings. The molecule has 4 heterocycles. The first kappa shape index (κ1) is 106. The number of benzene rings is 4. The number of anilines is 2. The lowest BCUT2D eigenvalue weighted by Crippen LogP contribution is -2.57. The van der Waals surface area contributed by atoms with Gasteiger partial charge in [-0.3, -0.25) is 71.7 Å². The number of aryl methyl sites for hydroxylation is 4. The number of rotatable bonds is 59. The van der Waals surface area contributed by atoms with Crippen molar-refractivity contribution in [1.82, 2.24) is 102 Å². The van der Waals surface area contributed by atoms with Crippen molar-refractivity contribution in [3.05, 3.63) is 131 Å². The number of hydrogen-bond donors (Lipinski definition) is 20. The van der Waals surface area contributed by atoms with E-state index in [1.165, 1.54) is 64.1 Å². The first-order chi connectivity index (χ1) is 64.1. The molecular weight excluding hydrogens is 1810 g/mol. The summed E-state index contributed by atoms with van der Waals surface area (Å²) in [7, 11) is -9.08. The Bertz CT molecular complexity index is 5680. The van der Waals surface area contributed by atoms with Gasteiger partial charge in [0.25, 0.3) is 11.8 Å². The van der Waals surface area contributed by atoms with Crippen LogP contribution in [-0.4, -0.2) is 268 Å². The summed E-state index contributed by atoms with van der Waals surface area (Å²) in [6.45, 7) is 11.1. The minimum Gasteiger partial charge on any atom is -0.494 e. The van der Waals surface area contributed by atoms with E-state index in [0.29, 0.717) is 61.7 Å². The van der Waals surface area contributed by atoms with Crippen molar-refractivity contribution in [1.29, 1.82) is 0 Å². The highest BCUT2D eigenvalue weighted by molar-refractivity contribution is 7.90. The molecule has 49 heteroatoms. The second-order valence-corrected chi connectivity index (χ2v) is 35.7. The quantitative estimate of drug-likeness (QED) is 0.0243. The van der Waals surface area contributed by atoms with Gasteiger partial charge >= 0.3 is 30.0 Å². The molecule has 0 aliphatic carbocycles. The molecule has 0 saturated heterocycles. The van der Waals surface area contributed by atoms with Gasteiger partial charge in [-0.1, -0.05) is 6.42 Å². The van der Waals surface area contributed by atoms with Gasteiger partial charge in [-0.05, 0) is 176 Å². The number of fused-ring (bicyclic) bond motifs is 2. The van der Waals surface area contributed by atoms with Gasteiger partial charge < -0.3 is 108 Å². The Kier molecular flexibility index (Phi) is 40.5. The average Bonchev–Trinajstić information content (AvgIpc) is 1.50. The van der Waals surface area contributed by atoms with Gasteiger partial charge in [0.2, 0.25) is 61.4 Å². The topological polar surface area (TPSA) is 677 Å². The number of carbonyl (C=O) groups excluding carboxylic acids is 10. The molecule has 0 spiro atoms. The van der Waals surface area contributed by atoms with Crippen LogP contribution in [0.1, 0.15) is 154 Å². The summed E-state index contributed by atoms with van der Waals surface area (Å²) in [6.07, 6.45) is 6.81. The third kappa shape index (κ3) is 35.3. The molecule has 0 fully saturated rings. The van der Waals surface area contributed by atoms with Crippen LogP contribution in [0.3, 0.4) is 0 Å². The highest BCUT2D eigenvalue weighted by atomic mass is 32.2. The summed E-state index contributed by atoms with van der Waals surface area (Å²) >= 11 is 0. The molecule has 4 aromatic heterocycles. The number of aliphatic carboxylic acids is 4. The van der Waals surface area contributed by atoms with Crippen molar-refractivity contribution >= 4 is 137 Å². The summed E-state index contributed by atoms with van der Waals surface area (Å²) < 4.78 is 80.0. The van der Waals surface area contributed by atoms with E-state index in [9.17, 15) is 104 Å². The fraction of sp³-hybridized carbons (Fsp3) is 0.465. The zero-order chi connectivity index (χ0) is 98.5. The van der Waals surface area contributed by atoms with Gasteiger partial charge in [-0.15, -0.1) is 0 Å². The number of nitrogens with zero attached hydrogens (tertiary/aromatic N) is 6. The number of carboxylic acid groups (broad SMARTS) is 4. The lowest BCUT2D eigenvalue weighted by atomic mass is 10.1. The Labute approximate surface area is 776 Å². The molecule has 0 aliphatic heterocycles. The van der Waals surface area contributed by atoms with E-state index >= 15 is 0 Å². The predicted molar refractivity (Wildman–Crippen MR) is 487 cm³/mol. The Morgan fingerprint density at radius 1 is 0.430 bits per heavy atom. The van der Waals surface area contributed by atoms with Crippen molar-refractivity contribution in [2.75, 3.05) is 82.8 Å². The molecule has 0 radical (unpaired) electrons. The predicted octanol–water partition coefficient (Wildman–Crippen LogP) is 2.15. The number of imidazole rings is 2. The van der Waals surface area contributed by atoms with Crippen LogP contribution in [0.25, 0.3) is 21.8 Å². The molecule has 0 bridgehead atoms. The summed E-state index contributed by atoms with van der Waals surface area (Å²) in [5, 5.41) is 81.0.